The maximum absolute atomic E-state index is 12.6. The number of unbranched alkanes of at least 4 members (excludes halogenated alkanes) is 12. The van der Waals surface area contributed by atoms with Gasteiger partial charge in [0.05, 0.1) is 159 Å². The normalized spacial score (nSPS) is 11.3. The van der Waals surface area contributed by atoms with Crippen molar-refractivity contribution in [3.63, 3.8) is 0 Å². The van der Waals surface area contributed by atoms with Gasteiger partial charge in [-0.3, -0.25) is 43.2 Å². The van der Waals surface area contributed by atoms with E-state index in [4.69, 9.17) is 72.2 Å². The maximum atomic E-state index is 12.6. The van der Waals surface area contributed by atoms with Gasteiger partial charge in [0.1, 0.15) is 0 Å². The minimum atomic E-state index is -0.776. The SMILES string of the molecule is CCC(COCCC(=O)NCCOCCOCCOCCC(=O)NCCCCCCCC(=O)O)(COCCC(=O)NCCOCCOCCOCCC(=O)NCCCCCCCC(=O)O)COCCC(=O)NCCOCCOCCOCCC(=O)NCCCCCCCC(=O)O. The smallest absolute Gasteiger partial charge is 0.303 e. The molecule has 0 rings (SSSR count). The number of carboxylic acids is 3. The van der Waals surface area contributed by atoms with Gasteiger partial charge in [-0.15, -0.1) is 0 Å². The number of aliphatic carboxylic acids is 3. The molecule has 6 amide bonds. The third-order valence-electron chi connectivity index (χ3n) is 14.4. The van der Waals surface area contributed by atoms with Crippen LogP contribution in [0.2, 0.25) is 0 Å². The summed E-state index contributed by atoms with van der Waals surface area (Å²) in [5.74, 6) is -3.22. The Bertz CT molecular complexity index is 1740. The predicted octanol–water partition coefficient (Wildman–Crippen LogP) is 3.90. The lowest BCUT2D eigenvalue weighted by atomic mass is 9.88. The van der Waals surface area contributed by atoms with Crippen LogP contribution in [0.3, 0.4) is 0 Å². The first-order valence-electron chi connectivity index (χ1n) is 34.9. The Morgan fingerprint density at radius 3 is 0.646 bits per heavy atom. The lowest BCUT2D eigenvalue weighted by Crippen LogP contribution is -2.38. The number of carbonyl (C=O) groups excluding carboxylic acids is 6. The van der Waals surface area contributed by atoms with Crippen LogP contribution in [0, 0.1) is 5.41 Å². The molecule has 9 N–H and O–H groups in total. The van der Waals surface area contributed by atoms with Crippen molar-refractivity contribution < 1.29 is 115 Å². The van der Waals surface area contributed by atoms with E-state index < -0.39 is 23.3 Å². The molecule has 0 spiro atoms. The highest BCUT2D eigenvalue weighted by Gasteiger charge is 2.30. The average molecular weight is 1380 g/mol. The lowest BCUT2D eigenvalue weighted by Gasteiger charge is -2.32. The molecule has 0 aliphatic rings. The molecule has 0 bridgehead atoms. The molecule has 30 heteroatoms. The van der Waals surface area contributed by atoms with E-state index in [1.165, 1.54) is 0 Å². The number of hydrogen-bond donors (Lipinski definition) is 9. The van der Waals surface area contributed by atoms with E-state index in [0.717, 1.165) is 77.0 Å². The molecule has 0 heterocycles. The van der Waals surface area contributed by atoms with Crippen LogP contribution in [0.25, 0.3) is 0 Å². The lowest BCUT2D eigenvalue weighted by molar-refractivity contribution is -0.138. The molecular weight excluding hydrogens is 1260 g/mol. The third-order valence-corrected chi connectivity index (χ3v) is 14.4. The fourth-order valence-corrected chi connectivity index (χ4v) is 8.71. The molecule has 0 aliphatic carbocycles. The van der Waals surface area contributed by atoms with Crippen LogP contribution in [-0.2, 0) is 100.0 Å². The zero-order valence-corrected chi connectivity index (χ0v) is 57.8. The second-order valence-corrected chi connectivity index (χ2v) is 22.9. The molecule has 0 aromatic heterocycles. The van der Waals surface area contributed by atoms with Crippen LogP contribution in [0.15, 0.2) is 0 Å². The van der Waals surface area contributed by atoms with Crippen molar-refractivity contribution in [1.29, 1.82) is 0 Å². The van der Waals surface area contributed by atoms with E-state index in [1.54, 1.807) is 0 Å². The monoisotopic (exact) mass is 1380 g/mol. The van der Waals surface area contributed by atoms with Crippen molar-refractivity contribution in [2.24, 2.45) is 5.41 Å². The minimum absolute atomic E-state index is 0.0811. The van der Waals surface area contributed by atoms with Crippen LogP contribution in [0.5, 0.6) is 0 Å². The van der Waals surface area contributed by atoms with E-state index in [0.29, 0.717) is 144 Å². The molecule has 0 aromatic carbocycles. The highest BCUT2D eigenvalue weighted by Crippen LogP contribution is 2.24. The van der Waals surface area contributed by atoms with Gasteiger partial charge in [0.15, 0.2) is 0 Å². The maximum Gasteiger partial charge on any atom is 0.303 e. The topological polar surface area (TPSA) is 397 Å². The van der Waals surface area contributed by atoms with Crippen LogP contribution >= 0.6 is 0 Å². The molecule has 30 nitrogen and oxygen atoms in total. The summed E-state index contributed by atoms with van der Waals surface area (Å²) in [5.41, 5.74) is -0.656. The van der Waals surface area contributed by atoms with Crippen molar-refractivity contribution in [2.45, 2.75) is 167 Å². The number of hydrogen-bond acceptors (Lipinski definition) is 21. The summed E-state index contributed by atoms with van der Waals surface area (Å²) in [6, 6.07) is 0. The summed E-state index contributed by atoms with van der Waals surface area (Å²) in [5, 5.41) is 43.1. The Kier molecular flexibility index (Phi) is 65.8. The Morgan fingerprint density at radius 2 is 0.417 bits per heavy atom. The number of rotatable bonds is 76. The quantitative estimate of drug-likeness (QED) is 0.0390. The van der Waals surface area contributed by atoms with Gasteiger partial charge in [-0.25, -0.2) is 0 Å². The average Bonchev–Trinajstić information content (AvgIpc) is 1.46. The van der Waals surface area contributed by atoms with Gasteiger partial charge < -0.3 is 104 Å². The summed E-state index contributed by atoms with van der Waals surface area (Å²) in [7, 11) is 0. The first-order chi connectivity index (χ1) is 46.7. The molecule has 96 heavy (non-hydrogen) atoms. The van der Waals surface area contributed by atoms with Gasteiger partial charge in [-0.05, 0) is 44.9 Å². The van der Waals surface area contributed by atoms with E-state index in [1.807, 2.05) is 6.92 Å². The van der Waals surface area contributed by atoms with Crippen molar-refractivity contribution >= 4 is 53.4 Å². The van der Waals surface area contributed by atoms with Gasteiger partial charge >= 0.3 is 17.9 Å². The van der Waals surface area contributed by atoms with Crippen LogP contribution in [0.4, 0.5) is 0 Å². The van der Waals surface area contributed by atoms with E-state index >= 15 is 0 Å². The highest BCUT2D eigenvalue weighted by molar-refractivity contribution is 5.77. The van der Waals surface area contributed by atoms with Crippen LogP contribution in [0.1, 0.15) is 167 Å². The Morgan fingerprint density at radius 1 is 0.229 bits per heavy atom. The van der Waals surface area contributed by atoms with Crippen molar-refractivity contribution in [2.75, 3.05) is 198 Å². The Hall–Kier alpha value is -5.25. The van der Waals surface area contributed by atoms with Gasteiger partial charge in [-0.2, -0.15) is 0 Å². The second kappa shape index (κ2) is 69.6. The summed E-state index contributed by atoms with van der Waals surface area (Å²) in [4.78, 5) is 106. The molecular formula is C66H122N6O24. The summed E-state index contributed by atoms with van der Waals surface area (Å²) in [6.45, 7) is 11.2. The predicted molar refractivity (Wildman–Crippen MR) is 354 cm³/mol. The third kappa shape index (κ3) is 68.7. The largest absolute Gasteiger partial charge is 0.481 e. The molecule has 560 valence electrons. The molecule has 0 radical (unpaired) electrons. The molecule has 0 saturated heterocycles. The molecule has 0 aromatic rings. The van der Waals surface area contributed by atoms with Gasteiger partial charge in [0, 0.05) is 102 Å². The zero-order valence-electron chi connectivity index (χ0n) is 57.8. The summed E-state index contributed by atoms with van der Waals surface area (Å²) in [6.07, 6.45) is 15.0. The fraction of sp³-hybridized carbons (Fsp3) is 0.864. The summed E-state index contributed by atoms with van der Waals surface area (Å²) >= 11 is 0. The van der Waals surface area contributed by atoms with Crippen molar-refractivity contribution in [1.82, 2.24) is 31.9 Å². The van der Waals surface area contributed by atoms with Crippen molar-refractivity contribution in [3.8, 4) is 0 Å². The van der Waals surface area contributed by atoms with E-state index in [-0.39, 0.29) is 173 Å². The van der Waals surface area contributed by atoms with E-state index in [2.05, 4.69) is 31.9 Å². The Balaban J connectivity index is 4.51. The zero-order chi connectivity index (χ0) is 70.3. The van der Waals surface area contributed by atoms with E-state index in [9.17, 15) is 43.2 Å². The van der Waals surface area contributed by atoms with Gasteiger partial charge in [-0.1, -0.05) is 64.7 Å². The minimum Gasteiger partial charge on any atom is -0.481 e. The molecule has 0 saturated carbocycles. The van der Waals surface area contributed by atoms with Crippen molar-refractivity contribution in [3.05, 3.63) is 0 Å². The molecule has 0 fully saturated rings. The summed E-state index contributed by atoms with van der Waals surface area (Å²) < 4.78 is 67.7. The first-order valence-corrected chi connectivity index (χ1v) is 34.9. The molecule has 0 unspecified atom stereocenters. The van der Waals surface area contributed by atoms with Gasteiger partial charge in [0.2, 0.25) is 35.4 Å². The standard InChI is InChI=1S/C66H122N6O24/c1-2-66(54-94-36-24-60(76)70-30-39-88-45-51-91-48-42-85-33-21-57(73)67-27-15-9-3-6-12-18-63(79)80,55-95-37-25-61(77)71-31-40-89-46-52-92-49-43-86-34-22-58(74)68-28-16-10-4-7-13-19-64(81)82)56-96-38-26-62(78)72-32-41-90-47-53-93-50-44-87-35-23-59(75)69-29-17-11-5-8-14-20-65(83)84/h2-56H2,1H3,(H,67,73)(H,68,74)(H,69,75)(H,70,76)(H,71,77)(H,72,78)(H,79,80)(H,81,82)(H,83,84). The number of carbonyl (C=O) groups is 9. The number of amides is 6. The molecule has 0 aliphatic heterocycles. The number of ether oxygens (including phenoxy) is 12. The fourth-order valence-electron chi connectivity index (χ4n) is 8.71. The first kappa shape index (κ1) is 90.8. The Labute approximate surface area is 569 Å². The van der Waals surface area contributed by atoms with Gasteiger partial charge in [0.25, 0.3) is 0 Å². The number of nitrogens with one attached hydrogen (secondary N) is 6. The van der Waals surface area contributed by atoms with Crippen LogP contribution in [-0.4, -0.2) is 267 Å². The second-order valence-electron chi connectivity index (χ2n) is 22.9. The highest BCUT2D eigenvalue weighted by atomic mass is 16.6. The molecule has 0 atom stereocenters. The number of carboxylic acid groups (broad SMARTS) is 3. The van der Waals surface area contributed by atoms with Crippen LogP contribution < -0.4 is 31.9 Å².